The predicted octanol–water partition coefficient (Wildman–Crippen LogP) is 2.89. The smallest absolute Gasteiger partial charge is 0.475 e. The number of benzene rings is 1. The Morgan fingerprint density at radius 3 is 2.17 bits per heavy atom. The minimum absolute atomic E-state index is 0.130. The number of aliphatic carboxylic acids is 1. The first-order chi connectivity index (χ1) is 13.7. The molecule has 4 rings (SSSR count). The Labute approximate surface area is 166 Å². The number of hydrogen-bond donors (Lipinski definition) is 1. The average Bonchev–Trinajstić information content (AvgIpc) is 3.26. The van der Waals surface area contributed by atoms with Gasteiger partial charge >= 0.3 is 12.1 Å². The van der Waals surface area contributed by atoms with E-state index in [1.165, 1.54) is 19.4 Å². The van der Waals surface area contributed by atoms with E-state index in [0.717, 1.165) is 31.8 Å². The Hall–Kier alpha value is -2.60. The van der Waals surface area contributed by atoms with E-state index in [-0.39, 0.29) is 5.91 Å². The molecule has 1 saturated carbocycles. The van der Waals surface area contributed by atoms with Crippen LogP contribution in [0.15, 0.2) is 24.3 Å². The summed E-state index contributed by atoms with van der Waals surface area (Å²) in [5, 5.41) is 16.0. The lowest BCUT2D eigenvalue weighted by atomic mass is 10.1. The summed E-state index contributed by atoms with van der Waals surface area (Å²) < 4.78 is 31.7. The van der Waals surface area contributed by atoms with Crippen molar-refractivity contribution in [1.29, 1.82) is 5.26 Å². The number of carbonyl (C=O) groups is 2. The van der Waals surface area contributed by atoms with Crippen LogP contribution < -0.4 is 0 Å². The minimum Gasteiger partial charge on any atom is -0.475 e. The van der Waals surface area contributed by atoms with E-state index in [4.69, 9.17) is 15.2 Å². The zero-order valence-corrected chi connectivity index (χ0v) is 15.7. The first-order valence-corrected chi connectivity index (χ1v) is 9.56. The molecule has 6 nitrogen and oxygen atoms in total. The van der Waals surface area contributed by atoms with E-state index >= 15 is 0 Å². The van der Waals surface area contributed by atoms with Crippen LogP contribution in [-0.4, -0.2) is 64.7 Å². The third kappa shape index (κ3) is 5.07. The van der Waals surface area contributed by atoms with Gasteiger partial charge in [-0.15, -0.1) is 0 Å². The molecular weight excluding hydrogens is 387 g/mol. The van der Waals surface area contributed by atoms with Crippen LogP contribution in [0.25, 0.3) is 0 Å². The van der Waals surface area contributed by atoms with Gasteiger partial charge in [-0.2, -0.15) is 18.4 Å². The van der Waals surface area contributed by atoms with E-state index in [2.05, 4.69) is 15.9 Å². The maximum Gasteiger partial charge on any atom is 0.490 e. The Balaban J connectivity index is 0.000000298. The summed E-state index contributed by atoms with van der Waals surface area (Å²) in [7, 11) is 0. The SMILES string of the molecule is N#Cc1ccc(C(=O)N2CC[C@H]3[C@H]2CCN3CC2CC2)cc1.O=C(O)C(F)(F)F. The summed E-state index contributed by atoms with van der Waals surface area (Å²) in [5.41, 5.74) is 1.31. The Morgan fingerprint density at radius 1 is 1.07 bits per heavy atom. The molecule has 0 aromatic heterocycles. The molecule has 0 spiro atoms. The van der Waals surface area contributed by atoms with Crippen molar-refractivity contribution >= 4 is 11.9 Å². The lowest BCUT2D eigenvalue weighted by molar-refractivity contribution is -0.192. The molecule has 1 aliphatic carbocycles. The number of likely N-dealkylation sites (tertiary alicyclic amines) is 2. The number of nitriles is 1. The molecule has 1 N–H and O–H groups in total. The van der Waals surface area contributed by atoms with Crippen LogP contribution >= 0.6 is 0 Å². The number of alkyl halides is 3. The molecule has 2 atom stereocenters. The maximum atomic E-state index is 12.8. The summed E-state index contributed by atoms with van der Waals surface area (Å²) in [5.74, 6) is -1.71. The molecule has 2 aliphatic heterocycles. The molecule has 1 aromatic rings. The maximum absolute atomic E-state index is 12.8. The summed E-state index contributed by atoms with van der Waals surface area (Å²) in [6, 6.07) is 10.1. The van der Waals surface area contributed by atoms with Gasteiger partial charge in [0.15, 0.2) is 0 Å². The zero-order valence-electron chi connectivity index (χ0n) is 15.7. The van der Waals surface area contributed by atoms with Gasteiger partial charge < -0.3 is 10.0 Å². The van der Waals surface area contributed by atoms with Crippen LogP contribution in [0.4, 0.5) is 13.2 Å². The first kappa shape index (κ1) is 21.1. The average molecular weight is 409 g/mol. The Morgan fingerprint density at radius 2 is 1.66 bits per heavy atom. The van der Waals surface area contributed by atoms with Gasteiger partial charge in [-0.1, -0.05) is 0 Å². The van der Waals surface area contributed by atoms with Crippen LogP contribution in [0.2, 0.25) is 0 Å². The molecule has 1 amide bonds. The molecule has 29 heavy (non-hydrogen) atoms. The monoisotopic (exact) mass is 409 g/mol. The molecule has 2 heterocycles. The van der Waals surface area contributed by atoms with Crippen molar-refractivity contribution in [2.24, 2.45) is 5.92 Å². The number of carboxylic acids is 1. The fourth-order valence-corrected chi connectivity index (χ4v) is 4.04. The Kier molecular flexibility index (Phi) is 6.13. The summed E-state index contributed by atoms with van der Waals surface area (Å²) in [6.07, 6.45) is -0.0810. The van der Waals surface area contributed by atoms with Crippen molar-refractivity contribution < 1.29 is 27.9 Å². The van der Waals surface area contributed by atoms with Crippen LogP contribution in [0.5, 0.6) is 0 Å². The number of carbonyl (C=O) groups excluding carboxylic acids is 1. The third-order valence-corrected chi connectivity index (χ3v) is 5.65. The molecule has 0 unspecified atom stereocenters. The molecule has 9 heteroatoms. The second-order valence-corrected chi connectivity index (χ2v) is 7.64. The predicted molar refractivity (Wildman–Crippen MR) is 97.0 cm³/mol. The quantitative estimate of drug-likeness (QED) is 0.830. The number of amides is 1. The van der Waals surface area contributed by atoms with Gasteiger partial charge in [-0.05, 0) is 55.9 Å². The van der Waals surface area contributed by atoms with E-state index in [1.54, 1.807) is 24.3 Å². The molecule has 3 fully saturated rings. The van der Waals surface area contributed by atoms with Gasteiger partial charge in [0.05, 0.1) is 11.6 Å². The molecule has 156 valence electrons. The highest BCUT2D eigenvalue weighted by atomic mass is 19.4. The topological polar surface area (TPSA) is 84.6 Å². The second-order valence-electron chi connectivity index (χ2n) is 7.64. The lowest BCUT2D eigenvalue weighted by Crippen LogP contribution is -2.40. The minimum atomic E-state index is -5.08. The summed E-state index contributed by atoms with van der Waals surface area (Å²) >= 11 is 0. The van der Waals surface area contributed by atoms with Crippen molar-refractivity contribution in [3.63, 3.8) is 0 Å². The molecule has 0 bridgehead atoms. The first-order valence-electron chi connectivity index (χ1n) is 9.56. The molecule has 1 aromatic carbocycles. The third-order valence-electron chi connectivity index (χ3n) is 5.65. The molecule has 2 saturated heterocycles. The fourth-order valence-electron chi connectivity index (χ4n) is 4.04. The number of rotatable bonds is 3. The highest BCUT2D eigenvalue weighted by Crippen LogP contribution is 2.37. The van der Waals surface area contributed by atoms with E-state index in [0.29, 0.717) is 23.2 Å². The Bertz CT molecular complexity index is 800. The fraction of sp³-hybridized carbons (Fsp3) is 0.550. The number of halogens is 3. The van der Waals surface area contributed by atoms with Crippen LogP contribution in [-0.2, 0) is 4.79 Å². The van der Waals surface area contributed by atoms with Crippen molar-refractivity contribution in [3.05, 3.63) is 35.4 Å². The van der Waals surface area contributed by atoms with Crippen LogP contribution in [0.1, 0.15) is 41.6 Å². The van der Waals surface area contributed by atoms with E-state index in [1.807, 2.05) is 0 Å². The molecule has 0 radical (unpaired) electrons. The van der Waals surface area contributed by atoms with Gasteiger partial charge in [-0.25, -0.2) is 4.79 Å². The van der Waals surface area contributed by atoms with Crippen molar-refractivity contribution in [2.75, 3.05) is 19.6 Å². The van der Waals surface area contributed by atoms with E-state index in [9.17, 15) is 18.0 Å². The zero-order chi connectivity index (χ0) is 21.2. The normalized spacial score (nSPS) is 23.7. The number of fused-ring (bicyclic) bond motifs is 1. The van der Waals surface area contributed by atoms with Crippen LogP contribution in [0.3, 0.4) is 0 Å². The van der Waals surface area contributed by atoms with Crippen molar-refractivity contribution in [3.8, 4) is 6.07 Å². The standard InChI is InChI=1S/C18H21N3O.C2HF3O2/c19-11-13-3-5-15(6-4-13)18(22)21-10-8-16-17(21)7-9-20(16)12-14-1-2-14;3-2(4,5)1(6)7/h3-6,14,16-17H,1-2,7-10,12H2;(H,6,7)/t16-,17+;/m0./s1. The second kappa shape index (κ2) is 8.41. The number of hydrogen-bond acceptors (Lipinski definition) is 4. The number of nitrogens with zero attached hydrogens (tertiary/aromatic N) is 3. The number of carboxylic acid groups (broad SMARTS) is 1. The highest BCUT2D eigenvalue weighted by molar-refractivity contribution is 5.94. The summed E-state index contributed by atoms with van der Waals surface area (Å²) in [6.45, 7) is 3.25. The van der Waals surface area contributed by atoms with Gasteiger partial charge in [0, 0.05) is 37.3 Å². The molecular formula is C20H22F3N3O3. The van der Waals surface area contributed by atoms with Crippen molar-refractivity contribution in [1.82, 2.24) is 9.80 Å². The van der Waals surface area contributed by atoms with Gasteiger partial charge in [-0.3, -0.25) is 9.69 Å². The lowest BCUT2D eigenvalue weighted by Gasteiger charge is -2.25. The van der Waals surface area contributed by atoms with E-state index < -0.39 is 12.1 Å². The van der Waals surface area contributed by atoms with Crippen LogP contribution in [0, 0.1) is 17.2 Å². The van der Waals surface area contributed by atoms with Crippen molar-refractivity contribution in [2.45, 2.75) is 43.9 Å². The highest BCUT2D eigenvalue weighted by Gasteiger charge is 2.45. The van der Waals surface area contributed by atoms with Gasteiger partial charge in [0.1, 0.15) is 0 Å². The van der Waals surface area contributed by atoms with Gasteiger partial charge in [0.25, 0.3) is 5.91 Å². The summed E-state index contributed by atoms with van der Waals surface area (Å²) in [4.78, 5) is 26.3. The largest absolute Gasteiger partial charge is 0.490 e. The van der Waals surface area contributed by atoms with Gasteiger partial charge in [0.2, 0.25) is 0 Å². The molecule has 3 aliphatic rings.